The lowest BCUT2D eigenvalue weighted by molar-refractivity contribution is -0.144. The molecule has 0 aliphatic carbocycles. The third-order valence-electron chi connectivity index (χ3n) is 3.55. The molecule has 2 N–H and O–H groups in total. The normalized spacial score (nSPS) is 16.2. The zero-order valence-electron chi connectivity index (χ0n) is 11.7. The molecule has 0 bridgehead atoms. The smallest absolute Gasteiger partial charge is 0.229 e. The molecule has 0 spiro atoms. The monoisotopic (exact) mass is 276 g/mol. The first-order valence-electron chi connectivity index (χ1n) is 6.84. The van der Waals surface area contributed by atoms with Gasteiger partial charge in [0.2, 0.25) is 11.8 Å². The first-order valence-corrected chi connectivity index (χ1v) is 6.84. The van der Waals surface area contributed by atoms with Crippen LogP contribution in [-0.2, 0) is 22.7 Å². The zero-order valence-corrected chi connectivity index (χ0v) is 11.7. The van der Waals surface area contributed by atoms with Crippen LogP contribution in [0.2, 0.25) is 0 Å². The van der Waals surface area contributed by atoms with E-state index >= 15 is 0 Å². The molecule has 1 aliphatic heterocycles. The van der Waals surface area contributed by atoms with E-state index in [4.69, 9.17) is 10.5 Å². The average molecular weight is 276 g/mol. The van der Waals surface area contributed by atoms with Gasteiger partial charge in [-0.3, -0.25) is 14.5 Å². The number of rotatable bonds is 4. The molecule has 20 heavy (non-hydrogen) atoms. The molecule has 1 aromatic rings. The molecule has 0 atom stereocenters. The van der Waals surface area contributed by atoms with Crippen LogP contribution in [0.1, 0.15) is 36.8 Å². The summed E-state index contributed by atoms with van der Waals surface area (Å²) in [5.41, 5.74) is 7.41. The number of amides is 2. The van der Waals surface area contributed by atoms with Gasteiger partial charge in [-0.2, -0.15) is 0 Å². The lowest BCUT2D eigenvalue weighted by Gasteiger charge is -2.19. The van der Waals surface area contributed by atoms with Crippen LogP contribution in [0.15, 0.2) is 18.2 Å². The second-order valence-corrected chi connectivity index (χ2v) is 4.93. The molecular weight excluding hydrogens is 256 g/mol. The van der Waals surface area contributed by atoms with Crippen molar-refractivity contribution in [2.75, 3.05) is 7.11 Å². The summed E-state index contributed by atoms with van der Waals surface area (Å²) in [7, 11) is 1.58. The highest BCUT2D eigenvalue weighted by atomic mass is 16.5. The van der Waals surface area contributed by atoms with Crippen molar-refractivity contribution >= 4 is 11.8 Å². The second kappa shape index (κ2) is 6.52. The Morgan fingerprint density at radius 1 is 1.20 bits per heavy atom. The first kappa shape index (κ1) is 14.5. The van der Waals surface area contributed by atoms with Crippen molar-refractivity contribution in [3.05, 3.63) is 29.3 Å². The molecule has 2 rings (SSSR count). The van der Waals surface area contributed by atoms with Crippen molar-refractivity contribution in [3.63, 3.8) is 0 Å². The molecule has 108 valence electrons. The van der Waals surface area contributed by atoms with Crippen LogP contribution in [0.5, 0.6) is 5.75 Å². The topological polar surface area (TPSA) is 72.6 Å². The number of carbonyl (C=O) groups excluding carboxylic acids is 2. The summed E-state index contributed by atoms with van der Waals surface area (Å²) in [6.07, 6.45) is 2.47. The van der Waals surface area contributed by atoms with E-state index in [0.29, 0.717) is 31.7 Å². The molecule has 0 unspecified atom stereocenters. The fraction of sp³-hybridized carbons (Fsp3) is 0.467. The maximum Gasteiger partial charge on any atom is 0.229 e. The fourth-order valence-electron chi connectivity index (χ4n) is 2.38. The van der Waals surface area contributed by atoms with Crippen LogP contribution in [-0.4, -0.2) is 23.8 Å². The third kappa shape index (κ3) is 3.17. The van der Waals surface area contributed by atoms with Gasteiger partial charge in [-0.1, -0.05) is 12.1 Å². The molecule has 5 heteroatoms. The van der Waals surface area contributed by atoms with E-state index in [1.54, 1.807) is 7.11 Å². The maximum absolute atomic E-state index is 12.0. The molecule has 1 fully saturated rings. The maximum atomic E-state index is 12.0. The van der Waals surface area contributed by atoms with Gasteiger partial charge in [0, 0.05) is 24.9 Å². The number of likely N-dealkylation sites (tertiary alicyclic amines) is 1. The minimum absolute atomic E-state index is 0.0885. The van der Waals surface area contributed by atoms with Crippen LogP contribution >= 0.6 is 0 Å². The van der Waals surface area contributed by atoms with Gasteiger partial charge in [0.1, 0.15) is 5.75 Å². The Kier molecular flexibility index (Phi) is 4.74. The number of benzene rings is 1. The van der Waals surface area contributed by atoms with Crippen molar-refractivity contribution in [3.8, 4) is 5.75 Å². The Balaban J connectivity index is 2.19. The Hall–Kier alpha value is -1.88. The predicted octanol–water partition coefficient (Wildman–Crippen LogP) is 1.58. The third-order valence-corrected chi connectivity index (χ3v) is 3.55. The van der Waals surface area contributed by atoms with Crippen LogP contribution in [0.25, 0.3) is 0 Å². The van der Waals surface area contributed by atoms with E-state index in [9.17, 15) is 9.59 Å². The van der Waals surface area contributed by atoms with E-state index < -0.39 is 0 Å². The molecule has 0 saturated carbocycles. The van der Waals surface area contributed by atoms with E-state index in [1.807, 2.05) is 18.2 Å². The lowest BCUT2D eigenvalue weighted by Crippen LogP contribution is -2.34. The quantitative estimate of drug-likeness (QED) is 0.847. The predicted molar refractivity (Wildman–Crippen MR) is 74.9 cm³/mol. The summed E-state index contributed by atoms with van der Waals surface area (Å²) in [4.78, 5) is 25.3. The number of carbonyl (C=O) groups is 2. The Morgan fingerprint density at radius 2 is 1.85 bits per heavy atom. The van der Waals surface area contributed by atoms with Crippen LogP contribution in [0.3, 0.4) is 0 Å². The average Bonchev–Trinajstić information content (AvgIpc) is 2.62. The van der Waals surface area contributed by atoms with Gasteiger partial charge >= 0.3 is 0 Å². The minimum atomic E-state index is -0.0885. The summed E-state index contributed by atoms with van der Waals surface area (Å²) in [5.74, 6) is 0.517. The highest BCUT2D eigenvalue weighted by Crippen LogP contribution is 2.22. The molecule has 5 nitrogen and oxygen atoms in total. The van der Waals surface area contributed by atoms with Crippen molar-refractivity contribution in [1.82, 2.24) is 4.90 Å². The fourth-order valence-corrected chi connectivity index (χ4v) is 2.38. The number of nitrogens with two attached hydrogens (primary N) is 1. The van der Waals surface area contributed by atoms with Crippen molar-refractivity contribution in [1.29, 1.82) is 0 Å². The Bertz CT molecular complexity index is 496. The summed E-state index contributed by atoms with van der Waals surface area (Å²) in [6.45, 7) is 0.698. The standard InChI is InChI=1S/C15H20N2O3/c1-20-13-8-11(6-7-12(13)9-16)10-17-14(18)4-2-3-5-15(17)19/h6-8H,2-5,9-10,16H2,1H3. The lowest BCUT2D eigenvalue weighted by atomic mass is 10.1. The number of nitrogens with zero attached hydrogens (tertiary/aromatic N) is 1. The summed E-state index contributed by atoms with van der Waals surface area (Å²) >= 11 is 0. The van der Waals surface area contributed by atoms with Gasteiger partial charge < -0.3 is 10.5 Å². The van der Waals surface area contributed by atoms with Gasteiger partial charge in [-0.15, -0.1) is 0 Å². The molecule has 1 aromatic carbocycles. The van der Waals surface area contributed by atoms with Crippen molar-refractivity contribution in [2.24, 2.45) is 5.73 Å². The van der Waals surface area contributed by atoms with Gasteiger partial charge in [0.05, 0.1) is 13.7 Å². The van der Waals surface area contributed by atoms with Crippen molar-refractivity contribution < 1.29 is 14.3 Å². The van der Waals surface area contributed by atoms with Crippen LogP contribution in [0.4, 0.5) is 0 Å². The van der Waals surface area contributed by atoms with E-state index in [2.05, 4.69) is 0 Å². The molecule has 1 saturated heterocycles. The SMILES string of the molecule is COc1cc(CN2C(=O)CCCCC2=O)ccc1CN. The second-order valence-electron chi connectivity index (χ2n) is 4.93. The number of hydrogen-bond acceptors (Lipinski definition) is 4. The highest BCUT2D eigenvalue weighted by Gasteiger charge is 2.24. The number of ether oxygens (including phenoxy) is 1. The molecule has 1 aliphatic rings. The number of hydrogen-bond donors (Lipinski definition) is 1. The zero-order chi connectivity index (χ0) is 14.5. The first-order chi connectivity index (χ1) is 9.65. The van der Waals surface area contributed by atoms with Gasteiger partial charge in [0.15, 0.2) is 0 Å². The van der Waals surface area contributed by atoms with E-state index in [0.717, 1.165) is 24.0 Å². The summed E-state index contributed by atoms with van der Waals surface area (Å²) < 4.78 is 5.28. The molecule has 1 heterocycles. The van der Waals surface area contributed by atoms with Gasteiger partial charge in [0.25, 0.3) is 0 Å². The van der Waals surface area contributed by atoms with E-state index in [-0.39, 0.29) is 11.8 Å². The number of methoxy groups -OCH3 is 1. The van der Waals surface area contributed by atoms with E-state index in [1.165, 1.54) is 4.90 Å². The largest absolute Gasteiger partial charge is 0.496 e. The van der Waals surface area contributed by atoms with Crippen LogP contribution < -0.4 is 10.5 Å². The highest BCUT2D eigenvalue weighted by molar-refractivity contribution is 5.95. The minimum Gasteiger partial charge on any atom is -0.496 e. The van der Waals surface area contributed by atoms with Gasteiger partial charge in [-0.05, 0) is 24.5 Å². The Morgan fingerprint density at radius 3 is 2.40 bits per heavy atom. The number of imide groups is 1. The molecular formula is C15H20N2O3. The Labute approximate surface area is 118 Å². The molecule has 2 amide bonds. The molecule has 0 aromatic heterocycles. The summed E-state index contributed by atoms with van der Waals surface area (Å²) in [6, 6.07) is 5.60. The molecule has 0 radical (unpaired) electrons. The van der Waals surface area contributed by atoms with Crippen LogP contribution in [0, 0.1) is 0 Å². The van der Waals surface area contributed by atoms with Crippen molar-refractivity contribution in [2.45, 2.75) is 38.8 Å². The van der Waals surface area contributed by atoms with Gasteiger partial charge in [-0.25, -0.2) is 0 Å². The summed E-state index contributed by atoms with van der Waals surface area (Å²) in [5, 5.41) is 0.